The van der Waals surface area contributed by atoms with Crippen LogP contribution in [0, 0.1) is 5.41 Å². The highest BCUT2D eigenvalue weighted by Crippen LogP contribution is 2.31. The second kappa shape index (κ2) is 8.30. The van der Waals surface area contributed by atoms with Crippen molar-refractivity contribution in [2.75, 3.05) is 12.4 Å². The molecule has 28 heavy (non-hydrogen) atoms. The van der Waals surface area contributed by atoms with Crippen molar-refractivity contribution in [2.24, 2.45) is 5.41 Å². The fourth-order valence-corrected chi connectivity index (χ4v) is 2.94. The summed E-state index contributed by atoms with van der Waals surface area (Å²) < 4.78 is 5.65. The number of hydrogen-bond acceptors (Lipinski definition) is 2. The van der Waals surface area contributed by atoms with Gasteiger partial charge in [0.1, 0.15) is 5.75 Å². The fourth-order valence-electron chi connectivity index (χ4n) is 2.94. The topological polar surface area (TPSA) is 38.3 Å². The molecule has 0 aliphatic carbocycles. The normalized spacial score (nSPS) is 11.7. The number of benzene rings is 3. The molecule has 0 aromatic heterocycles. The van der Waals surface area contributed by atoms with Crippen molar-refractivity contribution >= 4 is 34.5 Å². The number of ether oxygens (including phenoxy) is 1. The van der Waals surface area contributed by atoms with Crippen LogP contribution in [0.1, 0.15) is 38.3 Å². The van der Waals surface area contributed by atoms with E-state index in [4.69, 9.17) is 4.74 Å². The van der Waals surface area contributed by atoms with Crippen LogP contribution in [-0.4, -0.2) is 13.0 Å². The van der Waals surface area contributed by atoms with E-state index in [2.05, 4.69) is 35.7 Å². The second-order valence-electron chi connectivity index (χ2n) is 7.56. The summed E-state index contributed by atoms with van der Waals surface area (Å²) in [6.45, 7) is 5.93. The van der Waals surface area contributed by atoms with Gasteiger partial charge in [-0.1, -0.05) is 81.5 Å². The van der Waals surface area contributed by atoms with Gasteiger partial charge in [0, 0.05) is 22.1 Å². The van der Waals surface area contributed by atoms with Crippen LogP contribution in [0.5, 0.6) is 5.75 Å². The first-order valence-electron chi connectivity index (χ1n) is 9.60. The first-order chi connectivity index (χ1) is 13.4. The largest absolute Gasteiger partial charge is 0.495 e. The van der Waals surface area contributed by atoms with Crippen LogP contribution in [0.3, 0.4) is 0 Å². The highest BCUT2D eigenvalue weighted by molar-refractivity contribution is 5.95. The molecule has 0 aliphatic rings. The Morgan fingerprint density at radius 2 is 1.71 bits per heavy atom. The van der Waals surface area contributed by atoms with Crippen molar-refractivity contribution in [1.29, 1.82) is 0 Å². The Hall–Kier alpha value is -3.07. The summed E-state index contributed by atoms with van der Waals surface area (Å²) in [5.74, 6) is 0.916. The van der Waals surface area contributed by atoms with E-state index in [0.717, 1.165) is 39.8 Å². The molecule has 1 N–H and O–H groups in total. The quantitative estimate of drug-likeness (QED) is 0.508. The van der Waals surface area contributed by atoms with E-state index in [1.54, 1.807) is 7.11 Å². The zero-order chi connectivity index (χ0) is 20.1. The van der Waals surface area contributed by atoms with E-state index in [9.17, 15) is 4.79 Å². The lowest BCUT2D eigenvalue weighted by Crippen LogP contribution is -2.29. The Bertz CT molecular complexity index is 1000. The van der Waals surface area contributed by atoms with Crippen molar-refractivity contribution in [3.05, 3.63) is 71.8 Å². The van der Waals surface area contributed by atoms with Gasteiger partial charge in [0.05, 0.1) is 7.11 Å². The number of carbonyl (C=O) groups excluding carboxylic acids is 1. The van der Waals surface area contributed by atoms with Gasteiger partial charge in [0.15, 0.2) is 0 Å². The molecule has 0 spiro atoms. The predicted octanol–water partition coefficient (Wildman–Crippen LogP) is 6.39. The number of methoxy groups -OCH3 is 1. The summed E-state index contributed by atoms with van der Waals surface area (Å²) in [5.41, 5.74) is 2.53. The van der Waals surface area contributed by atoms with Gasteiger partial charge in [0.25, 0.3) is 0 Å². The Kier molecular flexibility index (Phi) is 5.84. The van der Waals surface area contributed by atoms with Gasteiger partial charge in [-0.25, -0.2) is 0 Å². The molecule has 0 bridgehead atoms. The van der Waals surface area contributed by atoms with E-state index in [1.165, 1.54) is 0 Å². The first kappa shape index (κ1) is 19.7. The summed E-state index contributed by atoms with van der Waals surface area (Å²) in [6.07, 6.45) is 4.90. The fraction of sp³-hybridized carbons (Fsp3) is 0.240. The average Bonchev–Trinajstić information content (AvgIpc) is 2.72. The first-order valence-corrected chi connectivity index (χ1v) is 9.60. The molecule has 0 atom stereocenters. The molecule has 0 saturated heterocycles. The molecule has 144 valence electrons. The van der Waals surface area contributed by atoms with Gasteiger partial charge in [-0.15, -0.1) is 0 Å². The van der Waals surface area contributed by atoms with Crippen LogP contribution in [0.4, 0.5) is 5.69 Å². The molecule has 3 aromatic rings. The van der Waals surface area contributed by atoms with Gasteiger partial charge < -0.3 is 10.1 Å². The molecule has 0 heterocycles. The second-order valence-corrected chi connectivity index (χ2v) is 7.56. The minimum atomic E-state index is -0.370. The van der Waals surface area contributed by atoms with Gasteiger partial charge in [-0.05, 0) is 29.5 Å². The van der Waals surface area contributed by atoms with Crippen LogP contribution in [0.2, 0.25) is 0 Å². The van der Waals surface area contributed by atoms with Crippen LogP contribution >= 0.6 is 0 Å². The SMILES string of the molecule is CCC(C)(C)C(=O)Nc1ccc(C=Cc2ccc3ccccc3c2OC)cc1. The molecule has 3 nitrogen and oxygen atoms in total. The third kappa shape index (κ3) is 4.25. The van der Waals surface area contributed by atoms with Crippen molar-refractivity contribution in [3.63, 3.8) is 0 Å². The molecule has 0 unspecified atom stereocenters. The Balaban J connectivity index is 1.78. The number of hydrogen-bond donors (Lipinski definition) is 1. The third-order valence-corrected chi connectivity index (χ3v) is 5.24. The number of carbonyl (C=O) groups is 1. The van der Waals surface area contributed by atoms with Gasteiger partial charge in [-0.3, -0.25) is 4.79 Å². The lowest BCUT2D eigenvalue weighted by molar-refractivity contribution is -0.124. The number of nitrogens with one attached hydrogen (secondary N) is 1. The zero-order valence-corrected chi connectivity index (χ0v) is 17.0. The molecule has 0 radical (unpaired) electrons. The summed E-state index contributed by atoms with van der Waals surface area (Å²) in [4.78, 5) is 12.3. The minimum absolute atomic E-state index is 0.0409. The molecule has 3 rings (SSSR count). The third-order valence-electron chi connectivity index (χ3n) is 5.24. The van der Waals surface area contributed by atoms with Crippen LogP contribution in [0.15, 0.2) is 60.7 Å². The summed E-state index contributed by atoms with van der Waals surface area (Å²) in [6, 6.07) is 20.2. The van der Waals surface area contributed by atoms with Gasteiger partial charge in [-0.2, -0.15) is 0 Å². The van der Waals surface area contributed by atoms with Crippen molar-refractivity contribution in [3.8, 4) is 5.75 Å². The summed E-state index contributed by atoms with van der Waals surface area (Å²) in [7, 11) is 1.70. The maximum absolute atomic E-state index is 12.3. The lowest BCUT2D eigenvalue weighted by Gasteiger charge is -2.21. The van der Waals surface area contributed by atoms with Crippen molar-refractivity contribution in [2.45, 2.75) is 27.2 Å². The number of anilines is 1. The summed E-state index contributed by atoms with van der Waals surface area (Å²) >= 11 is 0. The smallest absolute Gasteiger partial charge is 0.230 e. The van der Waals surface area contributed by atoms with E-state index in [-0.39, 0.29) is 11.3 Å². The lowest BCUT2D eigenvalue weighted by atomic mass is 9.89. The maximum atomic E-state index is 12.3. The monoisotopic (exact) mass is 373 g/mol. The van der Waals surface area contributed by atoms with Crippen LogP contribution in [-0.2, 0) is 4.79 Å². The van der Waals surface area contributed by atoms with Crippen LogP contribution < -0.4 is 10.1 Å². The number of amides is 1. The minimum Gasteiger partial charge on any atom is -0.495 e. The summed E-state index contributed by atoms with van der Waals surface area (Å²) in [5, 5.41) is 5.25. The maximum Gasteiger partial charge on any atom is 0.230 e. The highest BCUT2D eigenvalue weighted by atomic mass is 16.5. The molecule has 1 amide bonds. The average molecular weight is 373 g/mol. The number of rotatable bonds is 6. The van der Waals surface area contributed by atoms with Crippen molar-refractivity contribution < 1.29 is 9.53 Å². The zero-order valence-electron chi connectivity index (χ0n) is 17.0. The van der Waals surface area contributed by atoms with E-state index in [0.29, 0.717) is 0 Å². The molecular formula is C25H27NO2. The standard InChI is InChI=1S/C25H27NO2/c1-5-25(2,3)24(27)26-21-16-11-18(12-17-21)10-13-20-15-14-19-8-6-7-9-22(19)23(20)28-4/h6-17H,5H2,1-4H3,(H,26,27). The molecule has 3 aromatic carbocycles. The van der Waals surface area contributed by atoms with E-state index >= 15 is 0 Å². The highest BCUT2D eigenvalue weighted by Gasteiger charge is 2.25. The molecule has 0 aliphatic heterocycles. The molecule has 0 saturated carbocycles. The van der Waals surface area contributed by atoms with Crippen molar-refractivity contribution in [1.82, 2.24) is 0 Å². The van der Waals surface area contributed by atoms with Crippen LogP contribution in [0.25, 0.3) is 22.9 Å². The Morgan fingerprint density at radius 3 is 2.39 bits per heavy atom. The number of fused-ring (bicyclic) bond motifs is 1. The molecule has 0 fully saturated rings. The Morgan fingerprint density at radius 1 is 1.00 bits per heavy atom. The molecule has 3 heteroatoms. The predicted molar refractivity (Wildman–Crippen MR) is 119 cm³/mol. The Labute approximate surface area is 167 Å². The van der Waals surface area contributed by atoms with E-state index in [1.807, 2.05) is 63.2 Å². The van der Waals surface area contributed by atoms with E-state index < -0.39 is 0 Å². The molecular weight excluding hydrogens is 346 g/mol. The van der Waals surface area contributed by atoms with Gasteiger partial charge >= 0.3 is 0 Å². The van der Waals surface area contributed by atoms with Gasteiger partial charge in [0.2, 0.25) is 5.91 Å².